The number of carbonyl (C=O) groups is 1. The zero-order chi connectivity index (χ0) is 20.1. The zero-order valence-corrected chi connectivity index (χ0v) is 16.4. The van der Waals surface area contributed by atoms with Crippen LogP contribution in [0.2, 0.25) is 5.02 Å². The molecule has 0 unspecified atom stereocenters. The minimum Gasteiger partial charge on any atom is -0.495 e. The van der Waals surface area contributed by atoms with Gasteiger partial charge < -0.3 is 20.1 Å². The number of carbonyl (C=O) groups excluding carboxylic acids is 1. The molecule has 2 N–H and O–H groups in total. The second-order valence-electron chi connectivity index (χ2n) is 5.94. The van der Waals surface area contributed by atoms with E-state index in [1.54, 1.807) is 43.5 Å². The number of methoxy groups -OCH3 is 2. The summed E-state index contributed by atoms with van der Waals surface area (Å²) in [4.78, 5) is 12.3. The predicted molar refractivity (Wildman–Crippen MR) is 109 cm³/mol. The Hall–Kier alpha value is -3.32. The van der Waals surface area contributed by atoms with Crippen LogP contribution in [0.25, 0.3) is 0 Å². The van der Waals surface area contributed by atoms with Gasteiger partial charge in [0.2, 0.25) is 0 Å². The molecular weight excluding hydrogens is 380 g/mol. The largest absolute Gasteiger partial charge is 0.495 e. The van der Waals surface area contributed by atoms with E-state index in [-0.39, 0.29) is 5.91 Å². The van der Waals surface area contributed by atoms with Crippen molar-refractivity contribution in [2.75, 3.05) is 24.9 Å². The smallest absolute Gasteiger partial charge is 0.256 e. The first-order valence-corrected chi connectivity index (χ1v) is 8.78. The molecular formula is C20H19ClN4O3. The van der Waals surface area contributed by atoms with Gasteiger partial charge in [-0.15, -0.1) is 10.2 Å². The van der Waals surface area contributed by atoms with Crippen molar-refractivity contribution in [3.8, 4) is 11.5 Å². The number of aromatic nitrogens is 2. The van der Waals surface area contributed by atoms with Gasteiger partial charge in [-0.3, -0.25) is 4.79 Å². The molecule has 2 aromatic carbocycles. The fourth-order valence-electron chi connectivity index (χ4n) is 2.54. The number of halogens is 1. The third-order valence-electron chi connectivity index (χ3n) is 3.92. The van der Waals surface area contributed by atoms with E-state index in [2.05, 4.69) is 20.8 Å². The quantitative estimate of drug-likeness (QED) is 0.638. The zero-order valence-electron chi connectivity index (χ0n) is 15.6. The minimum atomic E-state index is -0.247. The number of benzene rings is 2. The maximum atomic E-state index is 12.3. The normalized spacial score (nSPS) is 10.3. The highest BCUT2D eigenvalue weighted by atomic mass is 35.5. The Morgan fingerprint density at radius 1 is 0.964 bits per heavy atom. The summed E-state index contributed by atoms with van der Waals surface area (Å²) in [6, 6.07) is 14.0. The lowest BCUT2D eigenvalue weighted by Crippen LogP contribution is -2.13. The number of rotatable bonds is 6. The van der Waals surface area contributed by atoms with Gasteiger partial charge in [0.15, 0.2) is 11.6 Å². The molecule has 3 aromatic rings. The lowest BCUT2D eigenvalue weighted by molar-refractivity contribution is 0.102. The number of amides is 1. The molecule has 144 valence electrons. The van der Waals surface area contributed by atoms with Crippen molar-refractivity contribution in [2.24, 2.45) is 0 Å². The molecule has 7 nitrogen and oxygen atoms in total. The number of aryl methyl sites for hydroxylation is 1. The van der Waals surface area contributed by atoms with E-state index in [4.69, 9.17) is 21.1 Å². The van der Waals surface area contributed by atoms with Crippen LogP contribution in [-0.4, -0.2) is 30.3 Å². The van der Waals surface area contributed by atoms with E-state index >= 15 is 0 Å². The third-order valence-corrected chi connectivity index (χ3v) is 4.22. The van der Waals surface area contributed by atoms with E-state index in [0.717, 1.165) is 5.56 Å². The number of anilines is 3. The summed E-state index contributed by atoms with van der Waals surface area (Å²) in [5, 5.41) is 14.4. The van der Waals surface area contributed by atoms with Crippen molar-refractivity contribution in [3.05, 3.63) is 64.7 Å². The van der Waals surface area contributed by atoms with Crippen LogP contribution in [0.1, 0.15) is 15.9 Å². The molecule has 0 radical (unpaired) electrons. The SMILES string of the molecule is COc1cc(Nc2ccc(NC(=O)c3cccc(C)c3)nn2)c(OC)cc1Cl. The number of ether oxygens (including phenoxy) is 2. The third kappa shape index (κ3) is 4.50. The van der Waals surface area contributed by atoms with Gasteiger partial charge in [-0.2, -0.15) is 0 Å². The van der Waals surface area contributed by atoms with Gasteiger partial charge in [-0.25, -0.2) is 0 Å². The minimum absolute atomic E-state index is 0.247. The number of nitrogens with one attached hydrogen (secondary N) is 2. The molecule has 0 saturated heterocycles. The van der Waals surface area contributed by atoms with Crippen molar-refractivity contribution in [1.29, 1.82) is 0 Å². The van der Waals surface area contributed by atoms with Crippen molar-refractivity contribution in [3.63, 3.8) is 0 Å². The molecule has 8 heteroatoms. The fourth-order valence-corrected chi connectivity index (χ4v) is 2.77. The second-order valence-corrected chi connectivity index (χ2v) is 6.35. The van der Waals surface area contributed by atoms with Crippen molar-refractivity contribution in [2.45, 2.75) is 6.92 Å². The predicted octanol–water partition coefficient (Wildman–Crippen LogP) is 4.45. The van der Waals surface area contributed by atoms with Crippen LogP contribution in [0, 0.1) is 6.92 Å². The van der Waals surface area contributed by atoms with Crippen LogP contribution in [-0.2, 0) is 0 Å². The van der Waals surface area contributed by atoms with Gasteiger partial charge in [0.05, 0.1) is 24.9 Å². The molecule has 3 rings (SSSR count). The van der Waals surface area contributed by atoms with Gasteiger partial charge in [0.1, 0.15) is 11.5 Å². The first-order valence-electron chi connectivity index (χ1n) is 8.40. The second kappa shape index (κ2) is 8.58. The topological polar surface area (TPSA) is 85.4 Å². The summed E-state index contributed by atoms with van der Waals surface area (Å²) in [5.41, 5.74) is 2.18. The van der Waals surface area contributed by atoms with Gasteiger partial charge in [-0.05, 0) is 31.2 Å². The summed E-state index contributed by atoms with van der Waals surface area (Å²) < 4.78 is 10.6. The molecule has 0 atom stereocenters. The Morgan fingerprint density at radius 3 is 2.32 bits per heavy atom. The molecule has 28 heavy (non-hydrogen) atoms. The van der Waals surface area contributed by atoms with Crippen molar-refractivity contribution >= 4 is 34.8 Å². The van der Waals surface area contributed by atoms with Gasteiger partial charge >= 0.3 is 0 Å². The molecule has 0 bridgehead atoms. The molecule has 1 heterocycles. The summed E-state index contributed by atoms with van der Waals surface area (Å²) >= 11 is 6.11. The first-order chi connectivity index (χ1) is 13.5. The molecule has 0 spiro atoms. The highest BCUT2D eigenvalue weighted by molar-refractivity contribution is 6.32. The molecule has 0 aliphatic carbocycles. The number of nitrogens with zero attached hydrogens (tertiary/aromatic N) is 2. The molecule has 0 saturated carbocycles. The van der Waals surface area contributed by atoms with Crippen LogP contribution < -0.4 is 20.1 Å². The van der Waals surface area contributed by atoms with Crippen molar-refractivity contribution < 1.29 is 14.3 Å². The summed E-state index contributed by atoms with van der Waals surface area (Å²) in [6.07, 6.45) is 0. The Labute approximate surface area is 167 Å². The monoisotopic (exact) mass is 398 g/mol. The highest BCUT2D eigenvalue weighted by Gasteiger charge is 2.12. The van der Waals surface area contributed by atoms with E-state index in [0.29, 0.717) is 39.4 Å². The Kier molecular flexibility index (Phi) is 5.96. The van der Waals surface area contributed by atoms with Crippen LogP contribution in [0.4, 0.5) is 17.3 Å². The maximum absolute atomic E-state index is 12.3. The molecule has 1 amide bonds. The standard InChI is InChI=1S/C20H19ClN4O3/c1-12-5-4-6-13(9-12)20(26)23-19-8-7-18(24-25-19)22-15-11-16(27-2)14(21)10-17(15)28-3/h4-11H,1-3H3,(H,22,24)(H,23,25,26). The van der Waals surface area contributed by atoms with Crippen molar-refractivity contribution in [1.82, 2.24) is 10.2 Å². The Bertz CT molecular complexity index is 993. The Morgan fingerprint density at radius 2 is 1.68 bits per heavy atom. The van der Waals surface area contributed by atoms with Gasteiger partial charge in [0, 0.05) is 17.7 Å². The maximum Gasteiger partial charge on any atom is 0.256 e. The van der Waals surface area contributed by atoms with Gasteiger partial charge in [-0.1, -0.05) is 29.3 Å². The fraction of sp³-hybridized carbons (Fsp3) is 0.150. The lowest BCUT2D eigenvalue weighted by Gasteiger charge is -2.13. The molecule has 0 aliphatic rings. The summed E-state index contributed by atoms with van der Waals surface area (Å²) in [6.45, 7) is 1.93. The molecule has 0 fully saturated rings. The Balaban J connectivity index is 1.74. The van der Waals surface area contributed by atoms with Crippen LogP contribution >= 0.6 is 11.6 Å². The number of hydrogen-bond acceptors (Lipinski definition) is 6. The summed E-state index contributed by atoms with van der Waals surface area (Å²) in [5.74, 6) is 1.60. The first kappa shape index (κ1) is 19.4. The van der Waals surface area contributed by atoms with E-state index in [1.165, 1.54) is 7.11 Å². The van der Waals surface area contributed by atoms with Crippen LogP contribution in [0.3, 0.4) is 0 Å². The van der Waals surface area contributed by atoms with Crippen LogP contribution in [0.15, 0.2) is 48.5 Å². The summed E-state index contributed by atoms with van der Waals surface area (Å²) in [7, 11) is 3.07. The average molecular weight is 399 g/mol. The van der Waals surface area contributed by atoms with E-state index in [1.807, 2.05) is 19.1 Å². The van der Waals surface area contributed by atoms with Crippen LogP contribution in [0.5, 0.6) is 11.5 Å². The molecule has 1 aromatic heterocycles. The lowest BCUT2D eigenvalue weighted by atomic mass is 10.1. The van der Waals surface area contributed by atoms with Gasteiger partial charge in [0.25, 0.3) is 5.91 Å². The van der Waals surface area contributed by atoms with E-state index in [9.17, 15) is 4.79 Å². The molecule has 0 aliphatic heterocycles. The van der Waals surface area contributed by atoms with E-state index < -0.39 is 0 Å². The highest BCUT2D eigenvalue weighted by Crippen LogP contribution is 2.37. The average Bonchev–Trinajstić information content (AvgIpc) is 2.70. The number of hydrogen-bond donors (Lipinski definition) is 2.